The van der Waals surface area contributed by atoms with Crippen LogP contribution in [0.25, 0.3) is 21.5 Å². The van der Waals surface area contributed by atoms with E-state index in [1.54, 1.807) is 6.08 Å². The molecule has 0 bridgehead atoms. The average molecular weight is 559 g/mol. The minimum absolute atomic E-state index is 0. The molecule has 0 saturated heterocycles. The van der Waals surface area contributed by atoms with Crippen molar-refractivity contribution in [2.24, 2.45) is 0 Å². The standard InChI is InChI=1S/C21H16P.C11H11.C5H8.Ti/c1-3-11-19(12-4-1)22(20-13-5-2-6-14-20)21-15-17-9-7-8-10-18(17)16-21;1-8-6-7-9(2)11-5-3-4-10(8)11;1-3-5-4-2;/h1-16H;3-7H,1-2H3;3-5H,1H2,2H3;/q2*-1;;+2. The molecule has 0 unspecified atom stereocenters. The largest absolute Gasteiger partial charge is 2.00 e. The Labute approximate surface area is 250 Å². The first-order valence-electron chi connectivity index (χ1n) is 13.0. The number of hydrogen-bond acceptors (Lipinski definition) is 0. The number of rotatable bonds is 4. The van der Waals surface area contributed by atoms with Crippen molar-refractivity contribution in [2.75, 3.05) is 0 Å². The summed E-state index contributed by atoms with van der Waals surface area (Å²) in [6, 6.07) is 45.8. The first-order valence-corrected chi connectivity index (χ1v) is 14.4. The van der Waals surface area contributed by atoms with Gasteiger partial charge in [0.2, 0.25) is 0 Å². The fraction of sp³-hybridized carbons (Fsp3) is 0.0811. The van der Waals surface area contributed by atoms with E-state index in [0.717, 1.165) is 0 Å². The summed E-state index contributed by atoms with van der Waals surface area (Å²) in [5.41, 5.74) is 2.74. The molecule has 0 saturated carbocycles. The minimum Gasteiger partial charge on any atom is -0.168 e. The molecule has 0 radical (unpaired) electrons. The molecule has 6 aromatic rings. The van der Waals surface area contributed by atoms with E-state index in [0.29, 0.717) is 0 Å². The molecule has 0 fully saturated rings. The number of allylic oxidation sites excluding steroid dienone is 3. The van der Waals surface area contributed by atoms with E-state index in [1.165, 1.54) is 48.6 Å². The van der Waals surface area contributed by atoms with Gasteiger partial charge < -0.3 is 0 Å². The zero-order valence-electron chi connectivity index (χ0n) is 23.0. The third-order valence-electron chi connectivity index (χ3n) is 6.47. The zero-order chi connectivity index (χ0) is 26.7. The summed E-state index contributed by atoms with van der Waals surface area (Å²) < 4.78 is 0. The van der Waals surface area contributed by atoms with Crippen LogP contribution >= 0.6 is 7.92 Å². The third-order valence-corrected chi connectivity index (χ3v) is 8.87. The third kappa shape index (κ3) is 7.87. The van der Waals surface area contributed by atoms with Gasteiger partial charge in [0.1, 0.15) is 0 Å². The van der Waals surface area contributed by atoms with Gasteiger partial charge >= 0.3 is 21.7 Å². The van der Waals surface area contributed by atoms with Gasteiger partial charge in [-0.05, 0) is 32.4 Å². The molecule has 192 valence electrons. The maximum atomic E-state index is 3.46. The molecule has 6 rings (SSSR count). The Morgan fingerprint density at radius 2 is 1.31 bits per heavy atom. The van der Waals surface area contributed by atoms with E-state index in [-0.39, 0.29) is 21.7 Å². The van der Waals surface area contributed by atoms with E-state index in [2.05, 4.69) is 148 Å². The fourth-order valence-electron chi connectivity index (χ4n) is 4.54. The Kier molecular flexibility index (Phi) is 11.9. The Morgan fingerprint density at radius 3 is 1.85 bits per heavy atom. The molecule has 39 heavy (non-hydrogen) atoms. The maximum Gasteiger partial charge on any atom is 2.00 e. The van der Waals surface area contributed by atoms with Crippen LogP contribution in [0.4, 0.5) is 0 Å². The van der Waals surface area contributed by atoms with Crippen molar-refractivity contribution in [1.82, 2.24) is 0 Å². The fourth-order valence-corrected chi connectivity index (χ4v) is 6.91. The Balaban J connectivity index is 0.000000207. The predicted molar refractivity (Wildman–Crippen MR) is 172 cm³/mol. The summed E-state index contributed by atoms with van der Waals surface area (Å²) in [7, 11) is -0.493. The van der Waals surface area contributed by atoms with Crippen LogP contribution < -0.4 is 15.9 Å². The molecule has 0 nitrogen and oxygen atoms in total. The molecule has 6 aromatic carbocycles. The average Bonchev–Trinajstić information content (AvgIpc) is 3.62. The van der Waals surface area contributed by atoms with Crippen molar-refractivity contribution in [2.45, 2.75) is 20.8 Å². The summed E-state index contributed by atoms with van der Waals surface area (Å²) in [5.74, 6) is 0. The molecule has 0 aliphatic carbocycles. The van der Waals surface area contributed by atoms with Crippen molar-refractivity contribution in [3.05, 3.63) is 163 Å². The van der Waals surface area contributed by atoms with Crippen molar-refractivity contribution in [3.8, 4) is 0 Å². The molecule has 0 aromatic heterocycles. The number of benzene rings is 4. The summed E-state index contributed by atoms with van der Waals surface area (Å²) in [6.07, 6.45) is 5.58. The van der Waals surface area contributed by atoms with Crippen LogP contribution in [0.15, 0.2) is 152 Å². The van der Waals surface area contributed by atoms with Gasteiger partial charge in [0.15, 0.2) is 0 Å². The van der Waals surface area contributed by atoms with Crippen LogP contribution in [0.2, 0.25) is 0 Å². The number of fused-ring (bicyclic) bond motifs is 2. The second-order valence-electron chi connectivity index (χ2n) is 9.16. The normalized spacial score (nSPS) is 10.5. The van der Waals surface area contributed by atoms with E-state index >= 15 is 0 Å². The van der Waals surface area contributed by atoms with Gasteiger partial charge in [0, 0.05) is 0 Å². The van der Waals surface area contributed by atoms with Crippen LogP contribution in [0.1, 0.15) is 18.1 Å². The molecule has 0 spiro atoms. The molecule has 0 heterocycles. The van der Waals surface area contributed by atoms with Crippen LogP contribution in [-0.4, -0.2) is 0 Å². The smallest absolute Gasteiger partial charge is 0.168 e. The van der Waals surface area contributed by atoms with E-state index in [1.807, 2.05) is 19.1 Å². The second-order valence-corrected chi connectivity index (χ2v) is 11.4. The van der Waals surface area contributed by atoms with Crippen LogP contribution in [0.5, 0.6) is 0 Å². The number of hydrogen-bond donors (Lipinski definition) is 0. The van der Waals surface area contributed by atoms with Crippen molar-refractivity contribution in [1.29, 1.82) is 0 Å². The van der Waals surface area contributed by atoms with Crippen molar-refractivity contribution >= 4 is 45.4 Å². The first kappa shape index (κ1) is 30.3. The van der Waals surface area contributed by atoms with Gasteiger partial charge in [0.25, 0.3) is 0 Å². The summed E-state index contributed by atoms with van der Waals surface area (Å²) in [5, 5.41) is 9.68. The van der Waals surface area contributed by atoms with Crippen LogP contribution in [0, 0.1) is 13.8 Å². The molecular weight excluding hydrogens is 523 g/mol. The molecular formula is C37H35PTi. The SMILES string of the molecule is C=CC=CC.Cc1ccc(C)c2[cH-]ccc12.[Ti+2].c1ccc(P(c2ccccc2)c2cc3ccccc3[cH-]2)cc1. The minimum atomic E-state index is -0.493. The van der Waals surface area contributed by atoms with Crippen molar-refractivity contribution in [3.63, 3.8) is 0 Å². The Bertz CT molecular complexity index is 1490. The van der Waals surface area contributed by atoms with E-state index in [4.69, 9.17) is 0 Å². The Morgan fingerprint density at radius 1 is 0.718 bits per heavy atom. The van der Waals surface area contributed by atoms with Gasteiger partial charge in [-0.25, -0.2) is 0 Å². The van der Waals surface area contributed by atoms with Gasteiger partial charge in [-0.15, -0.1) is 68.8 Å². The van der Waals surface area contributed by atoms with Gasteiger partial charge in [0.05, 0.1) is 0 Å². The monoisotopic (exact) mass is 558 g/mol. The summed E-state index contributed by atoms with van der Waals surface area (Å²) >= 11 is 0. The summed E-state index contributed by atoms with van der Waals surface area (Å²) in [6.45, 7) is 9.73. The quantitative estimate of drug-likeness (QED) is 0.0876. The molecule has 0 aliphatic heterocycles. The van der Waals surface area contributed by atoms with E-state index < -0.39 is 7.92 Å². The Hall–Kier alpha value is -3.28. The molecule has 2 heteroatoms. The zero-order valence-corrected chi connectivity index (χ0v) is 25.5. The molecule has 0 atom stereocenters. The van der Waals surface area contributed by atoms with Gasteiger partial charge in [-0.1, -0.05) is 110 Å². The molecule has 0 amide bonds. The first-order chi connectivity index (χ1) is 18.6. The van der Waals surface area contributed by atoms with Crippen LogP contribution in [-0.2, 0) is 21.7 Å². The molecule has 0 N–H and O–H groups in total. The van der Waals surface area contributed by atoms with Crippen molar-refractivity contribution < 1.29 is 21.7 Å². The topological polar surface area (TPSA) is 0 Å². The number of aryl methyl sites for hydroxylation is 2. The van der Waals surface area contributed by atoms with E-state index in [9.17, 15) is 0 Å². The predicted octanol–water partition coefficient (Wildman–Crippen LogP) is 9.24. The summed E-state index contributed by atoms with van der Waals surface area (Å²) in [4.78, 5) is 0. The second kappa shape index (κ2) is 15.3. The van der Waals surface area contributed by atoms with Gasteiger partial charge in [-0.3, -0.25) is 0 Å². The van der Waals surface area contributed by atoms with Crippen LogP contribution in [0.3, 0.4) is 0 Å². The molecule has 0 aliphatic rings. The van der Waals surface area contributed by atoms with Gasteiger partial charge in [-0.2, -0.15) is 18.2 Å². The maximum absolute atomic E-state index is 3.46.